The largest absolute Gasteiger partial charge is 0.274 e. The molecule has 4 rings (SSSR count). The van der Waals surface area contributed by atoms with E-state index in [1.54, 1.807) is 18.2 Å². The average molecular weight is 308 g/mol. The van der Waals surface area contributed by atoms with Crippen molar-refractivity contribution < 1.29 is 9.59 Å². The van der Waals surface area contributed by atoms with Crippen LogP contribution in [-0.2, 0) is 9.59 Å². The van der Waals surface area contributed by atoms with Gasteiger partial charge in [0.2, 0.25) is 11.8 Å². The van der Waals surface area contributed by atoms with E-state index in [9.17, 15) is 9.59 Å². The first-order valence-electron chi connectivity index (χ1n) is 6.59. The van der Waals surface area contributed by atoms with Gasteiger partial charge in [-0.1, -0.05) is 35.4 Å². The predicted molar refractivity (Wildman–Crippen MR) is 76.7 cm³/mol. The second-order valence-corrected chi connectivity index (χ2v) is 6.42. The molecule has 2 aliphatic carbocycles. The molecule has 2 bridgehead atoms. The van der Waals surface area contributed by atoms with Crippen LogP contribution in [0.1, 0.15) is 6.42 Å². The van der Waals surface area contributed by atoms with Crippen molar-refractivity contribution in [3.63, 3.8) is 0 Å². The lowest BCUT2D eigenvalue weighted by Crippen LogP contribution is -2.32. The van der Waals surface area contributed by atoms with Crippen LogP contribution in [0.15, 0.2) is 30.4 Å². The van der Waals surface area contributed by atoms with E-state index in [-0.39, 0.29) is 35.5 Å². The maximum atomic E-state index is 12.6. The molecule has 1 saturated carbocycles. The molecule has 1 aromatic carbocycles. The summed E-state index contributed by atoms with van der Waals surface area (Å²) in [6.45, 7) is 0. The topological polar surface area (TPSA) is 37.4 Å². The highest BCUT2D eigenvalue weighted by molar-refractivity contribution is 6.42. The zero-order chi connectivity index (χ0) is 14.0. The van der Waals surface area contributed by atoms with E-state index in [0.29, 0.717) is 15.7 Å². The van der Waals surface area contributed by atoms with E-state index >= 15 is 0 Å². The van der Waals surface area contributed by atoms with Crippen molar-refractivity contribution in [3.05, 3.63) is 40.4 Å². The summed E-state index contributed by atoms with van der Waals surface area (Å²) in [5.41, 5.74) is 0.517. The molecular weight excluding hydrogens is 297 g/mol. The summed E-state index contributed by atoms with van der Waals surface area (Å²) in [5, 5.41) is 0.763. The van der Waals surface area contributed by atoms with E-state index in [2.05, 4.69) is 12.2 Å². The van der Waals surface area contributed by atoms with Crippen molar-refractivity contribution in [3.8, 4) is 0 Å². The molecule has 3 nitrogen and oxygen atoms in total. The number of anilines is 1. The van der Waals surface area contributed by atoms with Gasteiger partial charge in [-0.3, -0.25) is 9.59 Å². The Morgan fingerprint density at radius 1 is 0.950 bits per heavy atom. The Hall–Kier alpha value is -1.32. The van der Waals surface area contributed by atoms with Gasteiger partial charge >= 0.3 is 0 Å². The van der Waals surface area contributed by atoms with Gasteiger partial charge < -0.3 is 0 Å². The fourth-order valence-corrected chi connectivity index (χ4v) is 4.07. The van der Waals surface area contributed by atoms with Gasteiger partial charge in [0.1, 0.15) is 0 Å². The molecule has 0 aromatic heterocycles. The maximum Gasteiger partial charge on any atom is 0.238 e. The second-order valence-electron chi connectivity index (χ2n) is 5.61. The van der Waals surface area contributed by atoms with Crippen LogP contribution in [0, 0.1) is 23.7 Å². The van der Waals surface area contributed by atoms with Crippen LogP contribution in [0.5, 0.6) is 0 Å². The van der Waals surface area contributed by atoms with Crippen molar-refractivity contribution >= 4 is 40.7 Å². The fraction of sp³-hybridized carbons (Fsp3) is 0.333. The molecular formula is C15H11Cl2NO2. The number of imide groups is 1. The zero-order valence-corrected chi connectivity index (χ0v) is 11.9. The van der Waals surface area contributed by atoms with Crippen LogP contribution in [0.2, 0.25) is 10.0 Å². The summed E-state index contributed by atoms with van der Waals surface area (Å²) in [5.74, 6) is -0.146. The highest BCUT2D eigenvalue weighted by Gasteiger charge is 2.59. The van der Waals surface area contributed by atoms with Crippen LogP contribution in [0.25, 0.3) is 0 Å². The molecule has 4 atom stereocenters. The van der Waals surface area contributed by atoms with Crippen LogP contribution in [-0.4, -0.2) is 11.8 Å². The van der Waals surface area contributed by atoms with Gasteiger partial charge in [-0.05, 0) is 36.5 Å². The molecule has 1 aromatic rings. The lowest BCUT2D eigenvalue weighted by molar-refractivity contribution is -0.123. The lowest BCUT2D eigenvalue weighted by atomic mass is 9.85. The molecule has 5 heteroatoms. The molecule has 0 radical (unpaired) electrons. The zero-order valence-electron chi connectivity index (χ0n) is 10.4. The summed E-state index contributed by atoms with van der Waals surface area (Å²) >= 11 is 11.9. The molecule has 0 unspecified atom stereocenters. The van der Waals surface area contributed by atoms with Crippen LogP contribution < -0.4 is 4.90 Å². The number of hydrogen-bond donors (Lipinski definition) is 0. The van der Waals surface area contributed by atoms with Crippen LogP contribution >= 0.6 is 23.2 Å². The summed E-state index contributed by atoms with van der Waals surface area (Å²) in [6, 6.07) is 4.86. The van der Waals surface area contributed by atoms with Crippen LogP contribution in [0.3, 0.4) is 0 Å². The van der Waals surface area contributed by atoms with E-state index in [0.717, 1.165) is 6.42 Å². The first-order valence-corrected chi connectivity index (χ1v) is 7.34. The summed E-state index contributed by atoms with van der Waals surface area (Å²) < 4.78 is 0. The van der Waals surface area contributed by atoms with Gasteiger partial charge in [0, 0.05) is 0 Å². The average Bonchev–Trinajstić information content (AvgIpc) is 3.08. The third-order valence-electron chi connectivity index (χ3n) is 4.63. The standard InChI is InChI=1S/C15H11Cl2NO2/c16-10-4-3-9(6-11(10)17)18-14(19)12-7-1-2-8(5-7)13(12)15(18)20/h1-4,6-8,12-13H,5H2/t7-,8-,12-,13+/m0/s1. The SMILES string of the molecule is O=C1[C@@H]2[C@H](C(=O)N1c1ccc(Cl)c(Cl)c1)[C@H]1C=C[C@H]2C1. The van der Waals surface area contributed by atoms with E-state index in [1.165, 1.54) is 4.90 Å². The summed E-state index contributed by atoms with van der Waals surface area (Å²) in [6.07, 6.45) is 5.09. The molecule has 2 amide bonds. The van der Waals surface area contributed by atoms with Gasteiger partial charge in [0.05, 0.1) is 27.6 Å². The quantitative estimate of drug-likeness (QED) is 0.589. The number of amides is 2. The van der Waals surface area contributed by atoms with Crippen molar-refractivity contribution in [2.24, 2.45) is 23.7 Å². The number of fused-ring (bicyclic) bond motifs is 5. The van der Waals surface area contributed by atoms with Crippen molar-refractivity contribution in [2.75, 3.05) is 4.90 Å². The fourth-order valence-electron chi connectivity index (χ4n) is 3.78. The van der Waals surface area contributed by atoms with E-state index in [1.807, 2.05) is 0 Å². The minimum absolute atomic E-state index is 0.102. The smallest absolute Gasteiger partial charge is 0.238 e. The lowest BCUT2D eigenvalue weighted by Gasteiger charge is -2.17. The Morgan fingerprint density at radius 2 is 1.55 bits per heavy atom. The second kappa shape index (κ2) is 4.09. The summed E-state index contributed by atoms with van der Waals surface area (Å²) in [4.78, 5) is 26.4. The maximum absolute atomic E-state index is 12.6. The Kier molecular flexibility index (Phi) is 2.54. The Morgan fingerprint density at radius 3 is 2.10 bits per heavy atom. The van der Waals surface area contributed by atoms with Gasteiger partial charge in [-0.2, -0.15) is 0 Å². The number of carbonyl (C=O) groups is 2. The number of allylic oxidation sites excluding steroid dienone is 2. The van der Waals surface area contributed by atoms with Gasteiger partial charge in [0.15, 0.2) is 0 Å². The van der Waals surface area contributed by atoms with Crippen molar-refractivity contribution in [1.82, 2.24) is 0 Å². The number of nitrogens with zero attached hydrogens (tertiary/aromatic N) is 1. The van der Waals surface area contributed by atoms with Crippen molar-refractivity contribution in [2.45, 2.75) is 6.42 Å². The van der Waals surface area contributed by atoms with E-state index < -0.39 is 0 Å². The minimum Gasteiger partial charge on any atom is -0.274 e. The van der Waals surface area contributed by atoms with Crippen LogP contribution in [0.4, 0.5) is 5.69 Å². The first-order chi connectivity index (χ1) is 9.58. The monoisotopic (exact) mass is 307 g/mol. The number of rotatable bonds is 1. The third kappa shape index (κ3) is 1.48. The summed E-state index contributed by atoms with van der Waals surface area (Å²) in [7, 11) is 0. The molecule has 1 aliphatic heterocycles. The third-order valence-corrected chi connectivity index (χ3v) is 5.37. The number of halogens is 2. The Bertz CT molecular complexity index is 640. The molecule has 1 saturated heterocycles. The predicted octanol–water partition coefficient (Wildman–Crippen LogP) is 3.30. The Labute approximate surface area is 126 Å². The van der Waals surface area contributed by atoms with Gasteiger partial charge in [0.25, 0.3) is 0 Å². The molecule has 20 heavy (non-hydrogen) atoms. The highest BCUT2D eigenvalue weighted by Crippen LogP contribution is 2.53. The Balaban J connectivity index is 1.76. The minimum atomic E-state index is -0.188. The molecule has 1 heterocycles. The molecule has 0 N–H and O–H groups in total. The number of carbonyl (C=O) groups excluding carboxylic acids is 2. The highest BCUT2D eigenvalue weighted by atomic mass is 35.5. The first kappa shape index (κ1) is 12.4. The molecule has 102 valence electrons. The number of benzene rings is 1. The van der Waals surface area contributed by atoms with Gasteiger partial charge in [-0.25, -0.2) is 4.90 Å². The normalized spacial score (nSPS) is 34.2. The molecule has 0 spiro atoms. The molecule has 3 aliphatic rings. The molecule has 2 fully saturated rings. The van der Waals surface area contributed by atoms with Crippen molar-refractivity contribution in [1.29, 1.82) is 0 Å². The van der Waals surface area contributed by atoms with Gasteiger partial charge in [-0.15, -0.1) is 0 Å². The number of hydrogen-bond acceptors (Lipinski definition) is 2. The van der Waals surface area contributed by atoms with E-state index in [4.69, 9.17) is 23.2 Å².